The van der Waals surface area contributed by atoms with Gasteiger partial charge in [-0.15, -0.1) is 0 Å². The van der Waals surface area contributed by atoms with Crippen LogP contribution in [-0.4, -0.2) is 8.07 Å². The van der Waals surface area contributed by atoms with E-state index in [0.29, 0.717) is 5.92 Å². The van der Waals surface area contributed by atoms with Gasteiger partial charge in [-0.2, -0.15) is 0 Å². The van der Waals surface area contributed by atoms with Crippen LogP contribution in [0.3, 0.4) is 0 Å². The van der Waals surface area contributed by atoms with Gasteiger partial charge < -0.3 is 0 Å². The van der Waals surface area contributed by atoms with Gasteiger partial charge in [0.1, 0.15) is 0 Å². The van der Waals surface area contributed by atoms with Crippen LogP contribution in [0.4, 0.5) is 0 Å². The van der Waals surface area contributed by atoms with Gasteiger partial charge in [-0.1, -0.05) is 104 Å². The monoisotopic (exact) mass is 344 g/mol. The van der Waals surface area contributed by atoms with E-state index >= 15 is 0 Å². The predicted octanol–water partition coefficient (Wildman–Crippen LogP) is 7.10. The molecule has 0 atom stereocenters. The Labute approximate surface area is 153 Å². The molecule has 0 unspecified atom stereocenters. The Morgan fingerprint density at radius 2 is 1.52 bits per heavy atom. The zero-order valence-electron chi connectivity index (χ0n) is 15.5. The highest BCUT2D eigenvalue weighted by molar-refractivity contribution is 6.84. The third kappa shape index (κ3) is 3.18. The molecule has 2 aliphatic rings. The maximum Gasteiger partial charge on any atom is 0.0758 e. The van der Waals surface area contributed by atoms with Crippen molar-refractivity contribution in [3.8, 4) is 11.1 Å². The zero-order chi connectivity index (χ0) is 17.3. The molecular weight excluding hydrogens is 316 g/mol. The summed E-state index contributed by atoms with van der Waals surface area (Å²) in [6.45, 7) is 5.10. The summed E-state index contributed by atoms with van der Waals surface area (Å²) < 4.78 is 0. The highest BCUT2D eigenvalue weighted by atomic mass is 28.3. The van der Waals surface area contributed by atoms with Crippen LogP contribution in [-0.2, 0) is 0 Å². The minimum Gasteiger partial charge on any atom is -0.0809 e. The van der Waals surface area contributed by atoms with E-state index in [-0.39, 0.29) is 0 Å². The van der Waals surface area contributed by atoms with E-state index in [1.165, 1.54) is 42.9 Å². The van der Waals surface area contributed by atoms with E-state index in [0.717, 1.165) is 0 Å². The first-order valence-corrected chi connectivity index (χ1v) is 12.9. The molecule has 2 aromatic carbocycles. The number of benzene rings is 2. The fourth-order valence-electron chi connectivity index (χ4n) is 4.60. The van der Waals surface area contributed by atoms with Crippen molar-refractivity contribution in [2.24, 2.45) is 0 Å². The summed E-state index contributed by atoms with van der Waals surface area (Å²) in [5.74, 6) is 0.601. The van der Waals surface area contributed by atoms with Gasteiger partial charge in [0.25, 0.3) is 0 Å². The molecule has 0 amide bonds. The van der Waals surface area contributed by atoms with Gasteiger partial charge in [0.2, 0.25) is 0 Å². The van der Waals surface area contributed by atoms with Crippen molar-refractivity contribution < 1.29 is 0 Å². The Bertz CT molecular complexity index is 780. The summed E-state index contributed by atoms with van der Waals surface area (Å²) in [7, 11) is -1.19. The predicted molar refractivity (Wildman–Crippen MR) is 112 cm³/mol. The molecule has 0 radical (unpaired) electrons. The summed E-state index contributed by atoms with van der Waals surface area (Å²) in [4.78, 5) is 0. The van der Waals surface area contributed by atoms with Crippen molar-refractivity contribution in [1.82, 2.24) is 0 Å². The van der Waals surface area contributed by atoms with Crippen LogP contribution in [0.15, 0.2) is 72.0 Å². The highest BCUT2D eigenvalue weighted by Gasteiger charge is 2.28. The minimum absolute atomic E-state index is 0.601. The molecule has 1 heteroatoms. The first-order chi connectivity index (χ1) is 12.2. The number of unbranched alkanes of at least 4 members (excludes halogenated alkanes) is 1. The van der Waals surface area contributed by atoms with Crippen molar-refractivity contribution in [3.05, 3.63) is 83.1 Å². The molecule has 0 aliphatic heterocycles. The maximum atomic E-state index is 2.55. The molecule has 0 aromatic heterocycles. The minimum atomic E-state index is -1.19. The summed E-state index contributed by atoms with van der Waals surface area (Å²) in [6.07, 6.45) is 12.2. The SMILES string of the molecule is C[Si](C)(CCCCC1c2ccccc2-c2ccccc21)C1=CC=CC1. The van der Waals surface area contributed by atoms with E-state index in [2.05, 4.69) is 79.9 Å². The smallest absolute Gasteiger partial charge is 0.0758 e. The molecule has 2 aliphatic carbocycles. The summed E-state index contributed by atoms with van der Waals surface area (Å²) in [5, 5.41) is 1.74. The van der Waals surface area contributed by atoms with Crippen LogP contribution in [0.2, 0.25) is 19.1 Å². The molecule has 0 bridgehead atoms. The first kappa shape index (κ1) is 16.6. The second kappa shape index (κ2) is 6.80. The third-order valence-corrected chi connectivity index (χ3v) is 9.86. The summed E-state index contributed by atoms with van der Waals surface area (Å²) in [6, 6.07) is 19.5. The highest BCUT2D eigenvalue weighted by Crippen LogP contribution is 2.46. The summed E-state index contributed by atoms with van der Waals surface area (Å²) >= 11 is 0. The quantitative estimate of drug-likeness (QED) is 0.387. The molecule has 128 valence electrons. The molecule has 2 aromatic rings. The molecule has 0 nitrogen and oxygen atoms in total. The maximum absolute atomic E-state index is 2.55. The number of fused-ring (bicyclic) bond motifs is 3. The van der Waals surface area contributed by atoms with Crippen molar-refractivity contribution in [2.75, 3.05) is 0 Å². The molecule has 0 saturated heterocycles. The first-order valence-electron chi connectivity index (χ1n) is 9.71. The van der Waals surface area contributed by atoms with Crippen molar-refractivity contribution in [1.29, 1.82) is 0 Å². The van der Waals surface area contributed by atoms with Crippen molar-refractivity contribution in [3.63, 3.8) is 0 Å². The number of allylic oxidation sites excluding steroid dienone is 4. The van der Waals surface area contributed by atoms with Crippen molar-refractivity contribution >= 4 is 8.07 Å². The van der Waals surface area contributed by atoms with Crippen molar-refractivity contribution in [2.45, 2.75) is 50.7 Å². The zero-order valence-corrected chi connectivity index (χ0v) is 16.5. The van der Waals surface area contributed by atoms with Crippen LogP contribution < -0.4 is 0 Å². The fraction of sp³-hybridized carbons (Fsp3) is 0.333. The van der Waals surface area contributed by atoms with Crippen LogP contribution in [0.1, 0.15) is 42.7 Å². The molecule has 0 N–H and O–H groups in total. The largest absolute Gasteiger partial charge is 0.0809 e. The molecule has 0 saturated carbocycles. The van der Waals surface area contributed by atoms with Gasteiger partial charge in [0.15, 0.2) is 0 Å². The molecular formula is C24H28Si. The van der Waals surface area contributed by atoms with Gasteiger partial charge in [-0.05, 0) is 35.1 Å². The summed E-state index contributed by atoms with van der Waals surface area (Å²) in [5.41, 5.74) is 6.01. The van der Waals surface area contributed by atoms with E-state index in [1.54, 1.807) is 16.3 Å². The Morgan fingerprint density at radius 3 is 2.12 bits per heavy atom. The average Bonchev–Trinajstić information content (AvgIpc) is 3.27. The van der Waals surface area contributed by atoms with Gasteiger partial charge in [0.05, 0.1) is 8.07 Å². The van der Waals surface area contributed by atoms with E-state index in [9.17, 15) is 0 Å². The van der Waals surface area contributed by atoms with Crippen LogP contribution in [0, 0.1) is 0 Å². The lowest BCUT2D eigenvalue weighted by Crippen LogP contribution is -2.28. The van der Waals surface area contributed by atoms with Gasteiger partial charge >= 0.3 is 0 Å². The Kier molecular flexibility index (Phi) is 4.51. The molecule has 0 spiro atoms. The van der Waals surface area contributed by atoms with Gasteiger partial charge in [-0.3, -0.25) is 0 Å². The molecule has 25 heavy (non-hydrogen) atoms. The normalized spacial score (nSPS) is 16.0. The number of hydrogen-bond donors (Lipinski definition) is 0. The molecule has 4 rings (SSSR count). The number of hydrogen-bond acceptors (Lipinski definition) is 0. The van der Waals surface area contributed by atoms with E-state index in [4.69, 9.17) is 0 Å². The van der Waals surface area contributed by atoms with E-state index in [1.807, 2.05) is 0 Å². The van der Waals surface area contributed by atoms with Gasteiger partial charge in [-0.25, -0.2) is 0 Å². The van der Waals surface area contributed by atoms with Crippen LogP contribution >= 0.6 is 0 Å². The third-order valence-electron chi connectivity index (χ3n) is 6.15. The van der Waals surface area contributed by atoms with Crippen LogP contribution in [0.5, 0.6) is 0 Å². The fourth-order valence-corrected chi connectivity index (χ4v) is 7.27. The average molecular weight is 345 g/mol. The lowest BCUT2D eigenvalue weighted by Gasteiger charge is -2.24. The van der Waals surface area contributed by atoms with E-state index < -0.39 is 8.07 Å². The Morgan fingerprint density at radius 1 is 0.880 bits per heavy atom. The standard InChI is InChI=1S/C24H28Si/c1-25(2,19-11-3-4-12-19)18-10-9-17-24-22-15-7-5-13-20(22)21-14-6-8-16-23(21)24/h3-8,11,13-16,24H,9-10,12,17-18H2,1-2H3. The topological polar surface area (TPSA) is 0 Å². The lowest BCUT2D eigenvalue weighted by molar-refractivity contribution is 0.656. The number of rotatable bonds is 6. The Balaban J connectivity index is 1.42. The second-order valence-electron chi connectivity index (χ2n) is 8.18. The van der Waals surface area contributed by atoms with Crippen LogP contribution in [0.25, 0.3) is 11.1 Å². The molecule has 0 heterocycles. The molecule has 0 fully saturated rings. The van der Waals surface area contributed by atoms with Gasteiger partial charge in [0, 0.05) is 5.92 Å². The second-order valence-corrected chi connectivity index (χ2v) is 13.1. The lowest BCUT2D eigenvalue weighted by atomic mass is 9.92. The Hall–Kier alpha value is -1.86.